The number of fused-ring (bicyclic) bond motifs is 1. The third kappa shape index (κ3) is 5.82. The number of rotatable bonds is 10. The molecule has 1 unspecified atom stereocenters. The Morgan fingerprint density at radius 3 is 2.44 bits per heavy atom. The summed E-state index contributed by atoms with van der Waals surface area (Å²) < 4.78 is 0. The molecule has 7 heteroatoms. The van der Waals surface area contributed by atoms with Gasteiger partial charge in [-0.2, -0.15) is 0 Å². The van der Waals surface area contributed by atoms with Gasteiger partial charge in [-0.1, -0.05) is 42.8 Å². The van der Waals surface area contributed by atoms with E-state index in [0.717, 1.165) is 16.7 Å². The quantitative estimate of drug-likeness (QED) is 0.590. The number of nitrogens with zero attached hydrogens (tertiary/aromatic N) is 1. The van der Waals surface area contributed by atoms with Crippen LogP contribution in [-0.2, 0) is 33.9 Å². The lowest BCUT2D eigenvalue weighted by Gasteiger charge is -2.25. The Bertz CT molecular complexity index is 1030. The van der Waals surface area contributed by atoms with Crippen molar-refractivity contribution >= 4 is 35.0 Å². The molecule has 0 saturated carbocycles. The number of hydrogen-bond acceptors (Lipinski definition) is 4. The molecule has 1 aliphatic rings. The summed E-state index contributed by atoms with van der Waals surface area (Å²) in [5.41, 5.74) is 3.09. The third-order valence-electron chi connectivity index (χ3n) is 5.71. The van der Waals surface area contributed by atoms with Crippen LogP contribution >= 0.6 is 11.6 Å². The summed E-state index contributed by atoms with van der Waals surface area (Å²) in [6.07, 6.45) is 1.22. The van der Waals surface area contributed by atoms with Gasteiger partial charge in [0.1, 0.15) is 5.78 Å². The molecule has 0 aliphatic carbocycles. The van der Waals surface area contributed by atoms with Crippen molar-refractivity contribution in [2.45, 2.75) is 58.7 Å². The predicted octanol–water partition coefficient (Wildman–Crippen LogP) is 3.87. The highest BCUT2D eigenvalue weighted by atomic mass is 35.5. The maximum atomic E-state index is 12.9. The lowest BCUT2D eigenvalue weighted by Crippen LogP contribution is -2.40. The van der Waals surface area contributed by atoms with Crippen LogP contribution in [0, 0.1) is 0 Å². The van der Waals surface area contributed by atoms with Gasteiger partial charge >= 0.3 is 0 Å². The van der Waals surface area contributed by atoms with Crippen LogP contribution in [0.15, 0.2) is 42.5 Å². The Morgan fingerprint density at radius 2 is 1.78 bits per heavy atom. The maximum Gasteiger partial charge on any atom is 0.255 e. The molecule has 2 aromatic carbocycles. The van der Waals surface area contributed by atoms with Gasteiger partial charge in [0.25, 0.3) is 5.91 Å². The monoisotopic (exact) mass is 454 g/mol. The molecule has 0 saturated heterocycles. The molecule has 0 bridgehead atoms. The standard InChI is InChI=1S/C25H27ClN2O4/c1-3-21(30)9-11-23(16(2)29)28-15-19-12-18(6-10-22(19)25(28)32)13-24(31)27-14-17-4-7-20(26)8-5-17/h4-8,10,12,23H,3,9,11,13-15H2,1-2H3,(H,27,31). The van der Waals surface area contributed by atoms with Crippen LogP contribution in [-0.4, -0.2) is 34.3 Å². The van der Waals surface area contributed by atoms with Crippen molar-refractivity contribution in [2.24, 2.45) is 0 Å². The highest BCUT2D eigenvalue weighted by molar-refractivity contribution is 6.30. The normalized spacial score (nSPS) is 13.6. The van der Waals surface area contributed by atoms with Crippen molar-refractivity contribution in [3.05, 3.63) is 69.7 Å². The van der Waals surface area contributed by atoms with Crippen molar-refractivity contribution in [3.63, 3.8) is 0 Å². The van der Waals surface area contributed by atoms with E-state index >= 15 is 0 Å². The third-order valence-corrected chi connectivity index (χ3v) is 5.96. The lowest BCUT2D eigenvalue weighted by molar-refractivity contribution is -0.123. The van der Waals surface area contributed by atoms with Crippen molar-refractivity contribution in [1.29, 1.82) is 0 Å². The van der Waals surface area contributed by atoms with Crippen molar-refractivity contribution in [3.8, 4) is 0 Å². The molecule has 6 nitrogen and oxygen atoms in total. The fourth-order valence-corrected chi connectivity index (χ4v) is 3.99. The SMILES string of the molecule is CCC(=O)CCC(C(C)=O)N1Cc2cc(CC(=O)NCc3ccc(Cl)cc3)ccc2C1=O. The van der Waals surface area contributed by atoms with E-state index in [2.05, 4.69) is 5.32 Å². The second-order valence-electron chi connectivity index (χ2n) is 8.06. The summed E-state index contributed by atoms with van der Waals surface area (Å²) >= 11 is 5.87. The second kappa shape index (κ2) is 10.6. The lowest BCUT2D eigenvalue weighted by atomic mass is 10.0. The van der Waals surface area contributed by atoms with Crippen LogP contribution in [0.4, 0.5) is 0 Å². The van der Waals surface area contributed by atoms with Gasteiger partial charge in [0.15, 0.2) is 5.78 Å². The molecule has 2 amide bonds. The van der Waals surface area contributed by atoms with E-state index in [1.165, 1.54) is 6.92 Å². The highest BCUT2D eigenvalue weighted by Crippen LogP contribution is 2.28. The maximum absolute atomic E-state index is 12.9. The average Bonchev–Trinajstić information content (AvgIpc) is 3.08. The summed E-state index contributed by atoms with van der Waals surface area (Å²) in [6, 6.07) is 12.0. The summed E-state index contributed by atoms with van der Waals surface area (Å²) in [6.45, 7) is 3.95. The van der Waals surface area contributed by atoms with Crippen LogP contribution < -0.4 is 5.32 Å². The molecule has 32 heavy (non-hydrogen) atoms. The van der Waals surface area contributed by atoms with Crippen LogP contribution in [0.5, 0.6) is 0 Å². The summed E-state index contributed by atoms with van der Waals surface area (Å²) in [4.78, 5) is 50.7. The number of halogens is 1. The number of carbonyl (C=O) groups is 4. The van der Waals surface area contributed by atoms with Crippen LogP contribution in [0.3, 0.4) is 0 Å². The number of carbonyl (C=O) groups excluding carboxylic acids is 4. The molecule has 0 aromatic heterocycles. The molecule has 3 rings (SSSR count). The minimum atomic E-state index is -0.614. The Kier molecular flexibility index (Phi) is 7.80. The van der Waals surface area contributed by atoms with Crippen LogP contribution in [0.1, 0.15) is 60.2 Å². The first-order chi connectivity index (χ1) is 15.3. The fourth-order valence-electron chi connectivity index (χ4n) is 3.86. The smallest absolute Gasteiger partial charge is 0.255 e. The van der Waals surface area contributed by atoms with E-state index in [-0.39, 0.29) is 36.2 Å². The van der Waals surface area contributed by atoms with E-state index in [1.54, 1.807) is 36.1 Å². The molecule has 1 atom stereocenters. The van der Waals surface area contributed by atoms with E-state index < -0.39 is 6.04 Å². The number of ketones is 2. The first-order valence-electron chi connectivity index (χ1n) is 10.7. The zero-order chi connectivity index (χ0) is 23.3. The van der Waals surface area contributed by atoms with Gasteiger partial charge in [0.2, 0.25) is 5.91 Å². The van der Waals surface area contributed by atoms with Crippen LogP contribution in [0.25, 0.3) is 0 Å². The van der Waals surface area contributed by atoms with Gasteiger partial charge in [-0.15, -0.1) is 0 Å². The molecular weight excluding hydrogens is 428 g/mol. The number of nitrogens with one attached hydrogen (secondary N) is 1. The molecule has 2 aromatic rings. The van der Waals surface area contributed by atoms with Gasteiger partial charge in [0, 0.05) is 36.5 Å². The molecule has 0 fully saturated rings. The van der Waals surface area contributed by atoms with Gasteiger partial charge in [0.05, 0.1) is 12.5 Å². The predicted molar refractivity (Wildman–Crippen MR) is 122 cm³/mol. The average molecular weight is 455 g/mol. The molecule has 1 heterocycles. The van der Waals surface area contributed by atoms with E-state index in [4.69, 9.17) is 11.6 Å². The van der Waals surface area contributed by atoms with E-state index in [0.29, 0.717) is 36.5 Å². The molecular formula is C25H27ClN2O4. The largest absolute Gasteiger partial charge is 0.352 e. The van der Waals surface area contributed by atoms with Crippen LogP contribution in [0.2, 0.25) is 5.02 Å². The molecule has 168 valence electrons. The van der Waals surface area contributed by atoms with Crippen molar-refractivity contribution in [1.82, 2.24) is 10.2 Å². The molecule has 0 spiro atoms. The van der Waals surface area contributed by atoms with E-state index in [1.807, 2.05) is 18.2 Å². The topological polar surface area (TPSA) is 83.6 Å². The number of Topliss-reactive ketones (excluding diaryl/α,β-unsaturated/α-hetero) is 2. The Balaban J connectivity index is 1.63. The fraction of sp³-hybridized carbons (Fsp3) is 0.360. The number of benzene rings is 2. The summed E-state index contributed by atoms with van der Waals surface area (Å²) in [5.74, 6) is -0.382. The highest BCUT2D eigenvalue weighted by Gasteiger charge is 2.35. The van der Waals surface area contributed by atoms with E-state index in [9.17, 15) is 19.2 Å². The van der Waals surface area contributed by atoms with Crippen molar-refractivity contribution < 1.29 is 19.2 Å². The minimum absolute atomic E-state index is 0.0762. The van der Waals surface area contributed by atoms with Gasteiger partial charge in [-0.25, -0.2) is 0 Å². The zero-order valence-corrected chi connectivity index (χ0v) is 19.1. The van der Waals surface area contributed by atoms with Gasteiger partial charge in [-0.3, -0.25) is 19.2 Å². The Hall–Kier alpha value is -2.99. The van der Waals surface area contributed by atoms with Gasteiger partial charge < -0.3 is 10.2 Å². The Morgan fingerprint density at radius 1 is 1.09 bits per heavy atom. The summed E-state index contributed by atoms with van der Waals surface area (Å²) in [5, 5.41) is 3.53. The second-order valence-corrected chi connectivity index (χ2v) is 8.50. The molecule has 1 N–H and O–H groups in total. The molecule has 0 radical (unpaired) electrons. The minimum Gasteiger partial charge on any atom is -0.352 e. The van der Waals surface area contributed by atoms with Crippen molar-refractivity contribution in [2.75, 3.05) is 0 Å². The number of hydrogen-bond donors (Lipinski definition) is 1. The first-order valence-corrected chi connectivity index (χ1v) is 11.1. The summed E-state index contributed by atoms with van der Waals surface area (Å²) in [7, 11) is 0. The van der Waals surface area contributed by atoms with Gasteiger partial charge in [-0.05, 0) is 48.2 Å². The Labute approximate surface area is 192 Å². The molecule has 1 aliphatic heterocycles. The number of amides is 2. The first kappa shape index (κ1) is 23.7. The zero-order valence-electron chi connectivity index (χ0n) is 18.3.